The van der Waals surface area contributed by atoms with Crippen LogP contribution in [0.5, 0.6) is 0 Å². The van der Waals surface area contributed by atoms with Gasteiger partial charge in [-0.3, -0.25) is 4.40 Å². The Morgan fingerprint density at radius 2 is 1.89 bits per heavy atom. The van der Waals surface area contributed by atoms with E-state index in [1.54, 1.807) is 6.07 Å². The molecule has 142 valence electrons. The normalized spacial score (nSPS) is 12.4. The highest BCUT2D eigenvalue weighted by molar-refractivity contribution is 5.79. The van der Waals surface area contributed by atoms with Crippen molar-refractivity contribution in [2.24, 2.45) is 4.99 Å². The van der Waals surface area contributed by atoms with Crippen LogP contribution in [0.4, 0.5) is 4.39 Å². The zero-order valence-electron chi connectivity index (χ0n) is 15.9. The number of rotatable bonds is 6. The lowest BCUT2D eigenvalue weighted by molar-refractivity contribution is 0.473. The molecule has 0 unspecified atom stereocenters. The summed E-state index contributed by atoms with van der Waals surface area (Å²) >= 11 is 0. The molecular weight excluding hydrogens is 343 g/mol. The number of aliphatic imine (C=N–C) groups is 1. The summed E-state index contributed by atoms with van der Waals surface area (Å²) in [5.41, 5.74) is 1.08. The Bertz CT molecular complexity index is 931. The van der Waals surface area contributed by atoms with Gasteiger partial charge in [-0.2, -0.15) is 0 Å². The van der Waals surface area contributed by atoms with Crippen LogP contribution in [0.25, 0.3) is 5.65 Å². The molecule has 0 aliphatic carbocycles. The monoisotopic (exact) mass is 368 g/mol. The molecule has 7 heteroatoms. The summed E-state index contributed by atoms with van der Waals surface area (Å²) < 4.78 is 16.1. The predicted octanol–water partition coefficient (Wildman–Crippen LogP) is 2.90. The van der Waals surface area contributed by atoms with Crippen molar-refractivity contribution in [1.82, 2.24) is 25.2 Å². The molecule has 3 aromatic rings. The maximum Gasteiger partial charge on any atom is 0.191 e. The minimum Gasteiger partial charge on any atom is -0.357 e. The highest BCUT2D eigenvalue weighted by atomic mass is 19.1. The number of halogens is 1. The average Bonchev–Trinajstić information content (AvgIpc) is 3.07. The number of benzene rings is 1. The molecule has 0 aliphatic heterocycles. The second kappa shape index (κ2) is 8.16. The van der Waals surface area contributed by atoms with Crippen molar-refractivity contribution in [1.29, 1.82) is 0 Å². The molecule has 0 radical (unpaired) electrons. The highest BCUT2D eigenvalue weighted by Gasteiger charge is 2.24. The van der Waals surface area contributed by atoms with E-state index in [1.165, 1.54) is 6.07 Å². The smallest absolute Gasteiger partial charge is 0.191 e. The van der Waals surface area contributed by atoms with Gasteiger partial charge < -0.3 is 10.6 Å². The quantitative estimate of drug-likeness (QED) is 0.519. The van der Waals surface area contributed by atoms with E-state index in [-0.39, 0.29) is 11.2 Å². The molecule has 2 N–H and O–H groups in total. The van der Waals surface area contributed by atoms with Gasteiger partial charge in [0.1, 0.15) is 12.4 Å². The summed E-state index contributed by atoms with van der Waals surface area (Å²) in [4.78, 5) is 4.60. The first kappa shape index (κ1) is 18.8. The van der Waals surface area contributed by atoms with Crippen molar-refractivity contribution in [2.75, 3.05) is 13.1 Å². The van der Waals surface area contributed by atoms with Crippen LogP contribution in [0.2, 0.25) is 0 Å². The molecule has 0 spiro atoms. The minimum atomic E-state index is -0.386. The number of aromatic nitrogens is 3. The van der Waals surface area contributed by atoms with E-state index in [1.807, 2.05) is 61.7 Å². The first-order valence-corrected chi connectivity index (χ1v) is 9.07. The SMILES string of the molecule is CCNC(=NCc1nnc2ccccn12)NCC(C)(C)c1ccccc1F. The molecule has 1 aromatic carbocycles. The van der Waals surface area contributed by atoms with Crippen LogP contribution in [0.1, 0.15) is 32.2 Å². The molecule has 0 saturated heterocycles. The summed E-state index contributed by atoms with van der Waals surface area (Å²) in [5, 5.41) is 14.9. The first-order valence-electron chi connectivity index (χ1n) is 9.07. The number of guanidine groups is 1. The predicted molar refractivity (Wildman–Crippen MR) is 105 cm³/mol. The zero-order chi connectivity index (χ0) is 19.3. The van der Waals surface area contributed by atoms with Crippen molar-refractivity contribution in [3.05, 3.63) is 65.9 Å². The largest absolute Gasteiger partial charge is 0.357 e. The average molecular weight is 368 g/mol. The zero-order valence-corrected chi connectivity index (χ0v) is 15.9. The second-order valence-corrected chi connectivity index (χ2v) is 6.96. The van der Waals surface area contributed by atoms with E-state index in [2.05, 4.69) is 25.8 Å². The number of pyridine rings is 1. The molecule has 0 amide bonds. The molecule has 0 bridgehead atoms. The van der Waals surface area contributed by atoms with Crippen molar-refractivity contribution in [3.8, 4) is 0 Å². The molecule has 0 fully saturated rings. The summed E-state index contributed by atoms with van der Waals surface area (Å²) in [6.45, 7) is 7.68. The third-order valence-electron chi connectivity index (χ3n) is 4.41. The maximum absolute atomic E-state index is 14.1. The molecule has 6 nitrogen and oxygen atoms in total. The van der Waals surface area contributed by atoms with Crippen LogP contribution in [0.3, 0.4) is 0 Å². The second-order valence-electron chi connectivity index (χ2n) is 6.96. The van der Waals surface area contributed by atoms with Crippen molar-refractivity contribution >= 4 is 11.6 Å². The van der Waals surface area contributed by atoms with E-state index in [0.29, 0.717) is 24.6 Å². The number of nitrogens with zero attached hydrogens (tertiary/aromatic N) is 4. The van der Waals surface area contributed by atoms with Gasteiger partial charge >= 0.3 is 0 Å². The number of hydrogen-bond donors (Lipinski definition) is 2. The summed E-state index contributed by atoms with van der Waals surface area (Å²) in [6.07, 6.45) is 1.92. The lowest BCUT2D eigenvalue weighted by Crippen LogP contribution is -2.43. The van der Waals surface area contributed by atoms with Gasteiger partial charge in [-0.1, -0.05) is 38.1 Å². The molecule has 3 rings (SSSR count). The van der Waals surface area contributed by atoms with Gasteiger partial charge in [0.05, 0.1) is 0 Å². The lowest BCUT2D eigenvalue weighted by Gasteiger charge is -2.27. The number of fused-ring (bicyclic) bond motifs is 1. The molecule has 2 heterocycles. The Hall–Kier alpha value is -2.96. The Morgan fingerprint density at radius 1 is 1.11 bits per heavy atom. The van der Waals surface area contributed by atoms with E-state index >= 15 is 0 Å². The Labute approximate surface area is 158 Å². The first-order chi connectivity index (χ1) is 13.0. The lowest BCUT2D eigenvalue weighted by atomic mass is 9.84. The van der Waals surface area contributed by atoms with Crippen LogP contribution in [-0.4, -0.2) is 33.6 Å². The van der Waals surface area contributed by atoms with Crippen LogP contribution < -0.4 is 10.6 Å². The summed E-state index contributed by atoms with van der Waals surface area (Å²) in [6, 6.07) is 12.6. The van der Waals surface area contributed by atoms with Crippen LogP contribution >= 0.6 is 0 Å². The molecular formula is C20H25FN6. The van der Waals surface area contributed by atoms with Gasteiger partial charge in [0.25, 0.3) is 0 Å². The minimum absolute atomic E-state index is 0.193. The third kappa shape index (κ3) is 4.42. The van der Waals surface area contributed by atoms with Crippen molar-refractivity contribution in [2.45, 2.75) is 32.7 Å². The van der Waals surface area contributed by atoms with Gasteiger partial charge in [0.2, 0.25) is 0 Å². The van der Waals surface area contributed by atoms with E-state index < -0.39 is 0 Å². The fourth-order valence-electron chi connectivity index (χ4n) is 2.90. The fourth-order valence-corrected chi connectivity index (χ4v) is 2.90. The van der Waals surface area contributed by atoms with Gasteiger partial charge in [-0.25, -0.2) is 9.38 Å². The Morgan fingerprint density at radius 3 is 2.67 bits per heavy atom. The molecule has 0 aliphatic rings. The summed E-state index contributed by atoms with van der Waals surface area (Å²) in [5.74, 6) is 1.23. The molecule has 0 saturated carbocycles. The Balaban J connectivity index is 1.72. The number of nitrogens with one attached hydrogen (secondary N) is 2. The Kier molecular flexibility index (Phi) is 5.69. The highest BCUT2D eigenvalue weighted by Crippen LogP contribution is 2.24. The van der Waals surface area contributed by atoms with Gasteiger partial charge in [-0.05, 0) is 30.7 Å². The van der Waals surface area contributed by atoms with Crippen LogP contribution in [0.15, 0.2) is 53.7 Å². The van der Waals surface area contributed by atoms with Crippen molar-refractivity contribution in [3.63, 3.8) is 0 Å². The maximum atomic E-state index is 14.1. The molecule has 27 heavy (non-hydrogen) atoms. The van der Waals surface area contributed by atoms with E-state index in [4.69, 9.17) is 0 Å². The molecule has 0 atom stereocenters. The van der Waals surface area contributed by atoms with E-state index in [0.717, 1.165) is 18.0 Å². The summed E-state index contributed by atoms with van der Waals surface area (Å²) in [7, 11) is 0. The van der Waals surface area contributed by atoms with Crippen LogP contribution in [0, 0.1) is 5.82 Å². The van der Waals surface area contributed by atoms with Gasteiger partial charge in [0.15, 0.2) is 17.4 Å². The van der Waals surface area contributed by atoms with E-state index in [9.17, 15) is 4.39 Å². The third-order valence-corrected chi connectivity index (χ3v) is 4.41. The van der Waals surface area contributed by atoms with Gasteiger partial charge in [-0.15, -0.1) is 10.2 Å². The van der Waals surface area contributed by atoms with Gasteiger partial charge in [0, 0.05) is 24.7 Å². The standard InChI is InChI=1S/C20H25FN6/c1-4-22-19(23-13-18-26-25-17-11-7-8-12-27(17)18)24-14-20(2,3)15-9-5-6-10-16(15)21/h5-12H,4,13-14H2,1-3H3,(H2,22,23,24). The topological polar surface area (TPSA) is 66.6 Å². The molecule has 2 aromatic heterocycles. The fraction of sp³-hybridized carbons (Fsp3) is 0.350. The van der Waals surface area contributed by atoms with Crippen molar-refractivity contribution < 1.29 is 4.39 Å². The number of hydrogen-bond acceptors (Lipinski definition) is 3. The van der Waals surface area contributed by atoms with Crippen LogP contribution in [-0.2, 0) is 12.0 Å².